The fraction of sp³-hybridized carbons (Fsp3) is 0.348. The highest BCUT2D eigenvalue weighted by atomic mass is 79.9. The Morgan fingerprint density at radius 1 is 0.903 bits per heavy atom. The summed E-state index contributed by atoms with van der Waals surface area (Å²) in [5.41, 5.74) is 3.64. The van der Waals surface area contributed by atoms with E-state index in [1.165, 1.54) is 11.1 Å². The first kappa shape index (κ1) is 22.2. The summed E-state index contributed by atoms with van der Waals surface area (Å²) in [4.78, 5) is 2.71. The third-order valence-corrected chi connectivity index (χ3v) is 8.66. The molecule has 4 rings (SSSR count). The molecule has 0 amide bonds. The first-order valence-corrected chi connectivity index (χ1v) is 12.6. The van der Waals surface area contributed by atoms with E-state index in [1.807, 2.05) is 13.0 Å². The van der Waals surface area contributed by atoms with Gasteiger partial charge < -0.3 is 0 Å². The second kappa shape index (κ2) is 8.86. The van der Waals surface area contributed by atoms with Crippen LogP contribution in [-0.4, -0.2) is 53.6 Å². The van der Waals surface area contributed by atoms with E-state index in [1.54, 1.807) is 23.0 Å². The van der Waals surface area contributed by atoms with Crippen molar-refractivity contribution < 1.29 is 8.42 Å². The van der Waals surface area contributed by atoms with Crippen molar-refractivity contribution in [3.05, 3.63) is 81.6 Å². The number of aromatic nitrogens is 2. The molecule has 1 aromatic heterocycles. The molecule has 2 heterocycles. The molecule has 3 aromatic rings. The summed E-state index contributed by atoms with van der Waals surface area (Å²) in [6.07, 6.45) is 0. The highest BCUT2D eigenvalue weighted by Gasteiger charge is 2.35. The molecule has 164 valence electrons. The molecule has 8 heteroatoms. The number of aryl methyl sites for hydroxylation is 2. The Balaban J connectivity index is 1.59. The van der Waals surface area contributed by atoms with E-state index in [4.69, 9.17) is 0 Å². The third kappa shape index (κ3) is 4.35. The Labute approximate surface area is 192 Å². The van der Waals surface area contributed by atoms with E-state index in [2.05, 4.69) is 74.5 Å². The number of benzene rings is 2. The van der Waals surface area contributed by atoms with Gasteiger partial charge in [0.15, 0.2) is 0 Å². The van der Waals surface area contributed by atoms with Gasteiger partial charge in [-0.3, -0.25) is 9.58 Å². The van der Waals surface area contributed by atoms with Gasteiger partial charge in [-0.1, -0.05) is 58.4 Å². The van der Waals surface area contributed by atoms with Crippen molar-refractivity contribution in [2.75, 3.05) is 26.2 Å². The monoisotopic (exact) mass is 502 g/mol. The molecule has 1 aliphatic rings. The molecule has 2 aromatic carbocycles. The number of hydrogen-bond acceptors (Lipinski definition) is 4. The van der Waals surface area contributed by atoms with Crippen LogP contribution in [0.25, 0.3) is 0 Å². The van der Waals surface area contributed by atoms with Crippen molar-refractivity contribution in [1.29, 1.82) is 0 Å². The average Bonchev–Trinajstić information content (AvgIpc) is 3.02. The first-order chi connectivity index (χ1) is 14.8. The minimum atomic E-state index is -3.57. The zero-order valence-corrected chi connectivity index (χ0v) is 20.4. The van der Waals surface area contributed by atoms with Gasteiger partial charge in [0, 0.05) is 37.7 Å². The molecule has 31 heavy (non-hydrogen) atoms. The van der Waals surface area contributed by atoms with Crippen LogP contribution in [0.15, 0.2) is 64.0 Å². The molecule has 0 radical (unpaired) electrons. The number of hydrogen-bond donors (Lipinski definition) is 0. The summed E-state index contributed by atoms with van der Waals surface area (Å²) in [6, 6.07) is 18.9. The quantitative estimate of drug-likeness (QED) is 0.530. The summed E-state index contributed by atoms with van der Waals surface area (Å²) < 4.78 is 31.0. The lowest BCUT2D eigenvalue weighted by atomic mass is 9.96. The molecule has 1 atom stereocenters. The summed E-state index contributed by atoms with van der Waals surface area (Å²) in [7, 11) is -1.79. The molecule has 0 N–H and O–H groups in total. The van der Waals surface area contributed by atoms with Crippen LogP contribution in [0.3, 0.4) is 0 Å². The number of rotatable bonds is 5. The predicted octanol–water partition coefficient (Wildman–Crippen LogP) is 3.90. The number of halogens is 1. The largest absolute Gasteiger partial charge is 0.290 e. The van der Waals surface area contributed by atoms with Gasteiger partial charge in [0.25, 0.3) is 0 Å². The molecule has 0 unspecified atom stereocenters. The van der Waals surface area contributed by atoms with Gasteiger partial charge >= 0.3 is 0 Å². The topological polar surface area (TPSA) is 58.4 Å². The van der Waals surface area contributed by atoms with Crippen LogP contribution in [0.5, 0.6) is 0 Å². The maximum atomic E-state index is 13.3. The predicted molar refractivity (Wildman–Crippen MR) is 125 cm³/mol. The fourth-order valence-electron chi connectivity index (χ4n) is 4.35. The fourth-order valence-corrected chi connectivity index (χ4v) is 6.44. The lowest BCUT2D eigenvalue weighted by Crippen LogP contribution is -2.49. The zero-order valence-electron chi connectivity index (χ0n) is 18.0. The summed E-state index contributed by atoms with van der Waals surface area (Å²) in [6.45, 7) is 5.80. The van der Waals surface area contributed by atoms with Crippen molar-refractivity contribution >= 4 is 26.0 Å². The maximum absolute atomic E-state index is 13.3. The number of sulfonamides is 1. The Morgan fingerprint density at radius 3 is 2.03 bits per heavy atom. The third-order valence-electron chi connectivity index (χ3n) is 5.98. The molecule has 0 spiro atoms. The summed E-state index contributed by atoms with van der Waals surface area (Å²) >= 11 is 3.52. The molecule has 0 aliphatic carbocycles. The van der Waals surface area contributed by atoms with Gasteiger partial charge in [-0.15, -0.1) is 0 Å². The van der Waals surface area contributed by atoms with Crippen molar-refractivity contribution in [1.82, 2.24) is 19.0 Å². The minimum Gasteiger partial charge on any atom is -0.290 e. The molecule has 0 bridgehead atoms. The zero-order chi connectivity index (χ0) is 22.2. The van der Waals surface area contributed by atoms with Crippen molar-refractivity contribution in [2.45, 2.75) is 24.8 Å². The molecule has 1 fully saturated rings. The highest BCUT2D eigenvalue weighted by molar-refractivity contribution is 9.10. The lowest BCUT2D eigenvalue weighted by Gasteiger charge is -2.39. The van der Waals surface area contributed by atoms with Crippen molar-refractivity contribution in [3.63, 3.8) is 0 Å². The molecule has 6 nitrogen and oxygen atoms in total. The summed E-state index contributed by atoms with van der Waals surface area (Å²) in [5, 5.41) is 4.30. The normalized spacial score (nSPS) is 17.0. The van der Waals surface area contributed by atoms with Crippen molar-refractivity contribution in [3.8, 4) is 0 Å². The van der Waals surface area contributed by atoms with Gasteiger partial charge in [0.1, 0.15) is 4.90 Å². The smallest absolute Gasteiger partial charge is 0.246 e. The van der Waals surface area contributed by atoms with Crippen LogP contribution in [0.2, 0.25) is 0 Å². The number of piperazine rings is 1. The molecule has 1 aliphatic heterocycles. The second-order valence-electron chi connectivity index (χ2n) is 7.93. The minimum absolute atomic E-state index is 0.0843. The van der Waals surface area contributed by atoms with Gasteiger partial charge in [-0.05, 0) is 37.1 Å². The van der Waals surface area contributed by atoms with E-state index in [0.29, 0.717) is 42.5 Å². The van der Waals surface area contributed by atoms with Crippen LogP contribution in [-0.2, 0) is 17.1 Å². The van der Waals surface area contributed by atoms with E-state index in [-0.39, 0.29) is 6.04 Å². The molecule has 1 saturated heterocycles. The van der Waals surface area contributed by atoms with Gasteiger partial charge in [0.2, 0.25) is 10.0 Å². The maximum Gasteiger partial charge on any atom is 0.246 e. The first-order valence-electron chi connectivity index (χ1n) is 10.3. The Morgan fingerprint density at radius 2 is 1.48 bits per heavy atom. The van der Waals surface area contributed by atoms with Gasteiger partial charge in [-0.25, -0.2) is 8.42 Å². The van der Waals surface area contributed by atoms with Crippen LogP contribution in [0.1, 0.15) is 28.6 Å². The summed E-state index contributed by atoms with van der Waals surface area (Å²) in [5.74, 6) is 0. The van der Waals surface area contributed by atoms with Gasteiger partial charge in [-0.2, -0.15) is 9.40 Å². The second-order valence-corrected chi connectivity index (χ2v) is 10.7. The standard InChI is InChI=1S/C23H27BrN4O2S/c1-17-23(18(2)26(3)25-17)31(29,30)28-15-13-27(14-16-28)22(19-7-5-4-6-8-19)20-9-11-21(24)12-10-20/h4-12,22H,13-16H2,1-3H3/t22-/m1/s1. The van der Waals surface area contributed by atoms with E-state index in [0.717, 1.165) is 4.47 Å². The van der Waals surface area contributed by atoms with Crippen molar-refractivity contribution in [2.24, 2.45) is 7.05 Å². The Kier molecular flexibility index (Phi) is 6.35. The van der Waals surface area contributed by atoms with Crippen LogP contribution in [0, 0.1) is 13.8 Å². The Bertz CT molecular complexity index is 1150. The molecular weight excluding hydrogens is 476 g/mol. The van der Waals surface area contributed by atoms with Gasteiger partial charge in [0.05, 0.1) is 17.4 Å². The molecular formula is C23H27BrN4O2S. The molecule has 0 saturated carbocycles. The SMILES string of the molecule is Cc1nn(C)c(C)c1S(=O)(=O)N1CCN([C@H](c2ccccc2)c2ccc(Br)cc2)CC1. The Hall–Kier alpha value is -2.00. The van der Waals surface area contributed by atoms with E-state index < -0.39 is 10.0 Å². The highest BCUT2D eigenvalue weighted by Crippen LogP contribution is 2.32. The number of nitrogens with zero attached hydrogens (tertiary/aromatic N) is 4. The van der Waals surface area contributed by atoms with Crippen LogP contribution in [0.4, 0.5) is 0 Å². The average molecular weight is 503 g/mol. The lowest BCUT2D eigenvalue weighted by molar-refractivity contribution is 0.155. The van der Waals surface area contributed by atoms with E-state index >= 15 is 0 Å². The van der Waals surface area contributed by atoms with Crippen LogP contribution < -0.4 is 0 Å². The van der Waals surface area contributed by atoms with E-state index in [9.17, 15) is 8.42 Å². The van der Waals surface area contributed by atoms with Crippen LogP contribution >= 0.6 is 15.9 Å².